The predicted octanol–water partition coefficient (Wildman–Crippen LogP) is 4.40. The number of carbonyl (C=O) groups excluding carboxylic acids is 1. The number of imidazole rings is 1. The summed E-state index contributed by atoms with van der Waals surface area (Å²) in [5.74, 6) is 0.711. The molecule has 0 bridgehead atoms. The quantitative estimate of drug-likeness (QED) is 0.469. The first-order valence-corrected chi connectivity index (χ1v) is 12.3. The Morgan fingerprint density at radius 1 is 1.10 bits per heavy atom. The van der Waals surface area contributed by atoms with Crippen LogP contribution in [-0.4, -0.2) is 35.7 Å². The number of H-pyrrole nitrogens is 1. The van der Waals surface area contributed by atoms with Gasteiger partial charge in [-0.25, -0.2) is 13.4 Å². The fourth-order valence-electron chi connectivity index (χ4n) is 3.89. The topological polar surface area (TPSA) is 95.2 Å². The summed E-state index contributed by atoms with van der Waals surface area (Å²) >= 11 is 1.15. The van der Waals surface area contributed by atoms with Crippen molar-refractivity contribution >= 4 is 44.0 Å². The van der Waals surface area contributed by atoms with Crippen molar-refractivity contribution in [1.82, 2.24) is 14.9 Å². The van der Waals surface area contributed by atoms with E-state index in [9.17, 15) is 13.2 Å². The molecule has 1 amide bonds. The first kappa shape index (κ1) is 19.8. The summed E-state index contributed by atoms with van der Waals surface area (Å²) < 4.78 is 27.6. The Morgan fingerprint density at radius 2 is 1.90 bits per heavy atom. The third-order valence-corrected chi connectivity index (χ3v) is 8.16. The maximum Gasteiger partial charge on any atom is 0.271 e. The monoisotopic (exact) mass is 452 g/mol. The van der Waals surface area contributed by atoms with Gasteiger partial charge in [-0.05, 0) is 60.7 Å². The van der Waals surface area contributed by atoms with Gasteiger partial charge in [0, 0.05) is 17.8 Å². The second-order valence-corrected chi connectivity index (χ2v) is 10.3. The van der Waals surface area contributed by atoms with Gasteiger partial charge in [-0.1, -0.05) is 18.2 Å². The SMILES string of the molecule is O=C(c1ccc(NS(=O)(=O)c2cccs2)cc1)N1CCC[C@H]1c1nc2ccccc2[nH]1. The number of carbonyl (C=O) groups is 1. The van der Waals surface area contributed by atoms with Crippen molar-refractivity contribution in [3.63, 3.8) is 0 Å². The number of aromatic nitrogens is 2. The minimum atomic E-state index is -3.62. The lowest BCUT2D eigenvalue weighted by Crippen LogP contribution is -2.31. The zero-order valence-corrected chi connectivity index (χ0v) is 18.1. The number of sulfonamides is 1. The lowest BCUT2D eigenvalue weighted by atomic mass is 10.1. The zero-order chi connectivity index (χ0) is 21.4. The van der Waals surface area contributed by atoms with Crippen LogP contribution in [0.3, 0.4) is 0 Å². The van der Waals surface area contributed by atoms with Crippen molar-refractivity contribution in [2.24, 2.45) is 0 Å². The van der Waals surface area contributed by atoms with Crippen molar-refractivity contribution in [2.75, 3.05) is 11.3 Å². The van der Waals surface area contributed by atoms with Crippen LogP contribution in [0.5, 0.6) is 0 Å². The number of hydrogen-bond acceptors (Lipinski definition) is 5. The summed E-state index contributed by atoms with van der Waals surface area (Å²) in [4.78, 5) is 23.0. The van der Waals surface area contributed by atoms with E-state index in [-0.39, 0.29) is 16.2 Å². The van der Waals surface area contributed by atoms with E-state index in [4.69, 9.17) is 0 Å². The molecule has 0 unspecified atom stereocenters. The van der Waals surface area contributed by atoms with E-state index in [1.54, 1.807) is 41.8 Å². The molecule has 9 heteroatoms. The molecule has 0 radical (unpaired) electrons. The van der Waals surface area contributed by atoms with Gasteiger partial charge in [0.25, 0.3) is 15.9 Å². The summed E-state index contributed by atoms with van der Waals surface area (Å²) in [6, 6.07) is 17.5. The molecule has 3 heterocycles. The standard InChI is InChI=1S/C22H20N4O3S2/c27-22(15-9-11-16(12-10-15)25-31(28,29)20-8-4-14-30-20)26-13-3-7-19(26)21-23-17-5-1-2-6-18(17)24-21/h1-2,4-6,8-12,14,19,25H,3,7,13H2,(H,23,24)/t19-/m0/s1. The van der Waals surface area contributed by atoms with Gasteiger partial charge in [0.15, 0.2) is 0 Å². The van der Waals surface area contributed by atoms with Crippen LogP contribution in [0.4, 0.5) is 5.69 Å². The number of aromatic amines is 1. The molecule has 0 saturated carbocycles. The molecular weight excluding hydrogens is 432 g/mol. The molecule has 2 aromatic heterocycles. The molecule has 4 aromatic rings. The Bertz CT molecular complexity index is 1300. The Hall–Kier alpha value is -3.17. The number of likely N-dealkylation sites (tertiary alicyclic amines) is 1. The number of anilines is 1. The summed E-state index contributed by atoms with van der Waals surface area (Å²) in [5.41, 5.74) is 2.78. The number of rotatable bonds is 5. The molecule has 2 N–H and O–H groups in total. The van der Waals surface area contributed by atoms with Crippen molar-refractivity contribution in [2.45, 2.75) is 23.1 Å². The molecule has 1 aliphatic rings. The van der Waals surface area contributed by atoms with Gasteiger partial charge < -0.3 is 9.88 Å². The van der Waals surface area contributed by atoms with Crippen LogP contribution in [-0.2, 0) is 10.0 Å². The Balaban J connectivity index is 1.34. The van der Waals surface area contributed by atoms with Gasteiger partial charge in [0.1, 0.15) is 10.0 Å². The molecule has 31 heavy (non-hydrogen) atoms. The van der Waals surface area contributed by atoms with E-state index in [1.807, 2.05) is 29.2 Å². The van der Waals surface area contributed by atoms with Crippen molar-refractivity contribution in [1.29, 1.82) is 0 Å². The number of thiophene rings is 1. The van der Waals surface area contributed by atoms with Crippen LogP contribution in [0, 0.1) is 0 Å². The maximum absolute atomic E-state index is 13.2. The van der Waals surface area contributed by atoms with Crippen LogP contribution >= 0.6 is 11.3 Å². The van der Waals surface area contributed by atoms with Crippen molar-refractivity contribution in [3.05, 3.63) is 77.4 Å². The molecular formula is C22H20N4O3S2. The highest BCUT2D eigenvalue weighted by atomic mass is 32.2. The predicted molar refractivity (Wildman–Crippen MR) is 121 cm³/mol. The van der Waals surface area contributed by atoms with Crippen LogP contribution in [0.2, 0.25) is 0 Å². The largest absolute Gasteiger partial charge is 0.340 e. The fourth-order valence-corrected chi connectivity index (χ4v) is 5.94. The summed E-state index contributed by atoms with van der Waals surface area (Å²) in [6.45, 7) is 0.660. The lowest BCUT2D eigenvalue weighted by molar-refractivity contribution is 0.0730. The number of amides is 1. The van der Waals surface area contributed by atoms with Gasteiger partial charge in [0.05, 0.1) is 17.1 Å². The Morgan fingerprint density at radius 3 is 2.65 bits per heavy atom. The van der Waals surface area contributed by atoms with E-state index in [2.05, 4.69) is 14.7 Å². The molecule has 7 nitrogen and oxygen atoms in total. The number of benzene rings is 2. The molecule has 5 rings (SSSR count). The second kappa shape index (κ2) is 7.82. The normalized spacial score (nSPS) is 16.6. The molecule has 158 valence electrons. The molecule has 1 fully saturated rings. The van der Waals surface area contributed by atoms with Crippen LogP contribution in [0.25, 0.3) is 11.0 Å². The Kier molecular flexibility index (Phi) is 4.99. The molecule has 0 spiro atoms. The smallest absolute Gasteiger partial charge is 0.271 e. The highest BCUT2D eigenvalue weighted by Gasteiger charge is 2.32. The first-order valence-electron chi connectivity index (χ1n) is 9.93. The van der Waals surface area contributed by atoms with Crippen molar-refractivity contribution in [3.8, 4) is 0 Å². The maximum atomic E-state index is 13.2. The number of hydrogen-bond donors (Lipinski definition) is 2. The number of fused-ring (bicyclic) bond motifs is 1. The van der Waals surface area contributed by atoms with Gasteiger partial charge in [-0.15, -0.1) is 11.3 Å². The summed E-state index contributed by atoms with van der Waals surface area (Å²) in [5, 5.41) is 1.71. The molecule has 1 atom stereocenters. The third-order valence-electron chi connectivity index (χ3n) is 5.38. The fraction of sp³-hybridized carbons (Fsp3) is 0.182. The molecule has 1 saturated heterocycles. The van der Waals surface area contributed by atoms with Gasteiger partial charge >= 0.3 is 0 Å². The van der Waals surface area contributed by atoms with E-state index >= 15 is 0 Å². The molecule has 2 aromatic carbocycles. The minimum absolute atomic E-state index is 0.0874. The van der Waals surface area contributed by atoms with Crippen LogP contribution in [0.1, 0.15) is 35.1 Å². The van der Waals surface area contributed by atoms with Crippen molar-refractivity contribution < 1.29 is 13.2 Å². The third kappa shape index (κ3) is 3.82. The first-order chi connectivity index (χ1) is 15.0. The number of nitrogens with one attached hydrogen (secondary N) is 2. The Labute approximate surface area is 183 Å². The number of nitrogens with zero attached hydrogens (tertiary/aromatic N) is 2. The van der Waals surface area contributed by atoms with Gasteiger partial charge in [-0.3, -0.25) is 9.52 Å². The molecule has 0 aliphatic carbocycles. The zero-order valence-electron chi connectivity index (χ0n) is 16.5. The van der Waals surface area contributed by atoms with E-state index in [0.29, 0.717) is 17.8 Å². The summed E-state index contributed by atoms with van der Waals surface area (Å²) in [7, 11) is -3.62. The minimum Gasteiger partial charge on any atom is -0.340 e. The molecule has 1 aliphatic heterocycles. The van der Waals surface area contributed by atoms with Crippen LogP contribution in [0.15, 0.2) is 70.3 Å². The average Bonchev–Trinajstić information content (AvgIpc) is 3.53. The highest BCUT2D eigenvalue weighted by molar-refractivity contribution is 7.94. The van der Waals surface area contributed by atoms with Gasteiger partial charge in [-0.2, -0.15) is 0 Å². The highest BCUT2D eigenvalue weighted by Crippen LogP contribution is 2.33. The summed E-state index contributed by atoms with van der Waals surface area (Å²) in [6.07, 6.45) is 1.76. The van der Waals surface area contributed by atoms with E-state index in [1.165, 1.54) is 0 Å². The average molecular weight is 453 g/mol. The van der Waals surface area contributed by atoms with Crippen LogP contribution < -0.4 is 4.72 Å². The van der Waals surface area contributed by atoms with E-state index < -0.39 is 10.0 Å². The second-order valence-electron chi connectivity index (χ2n) is 7.41. The van der Waals surface area contributed by atoms with Gasteiger partial charge in [0.2, 0.25) is 0 Å². The number of para-hydroxylation sites is 2. The lowest BCUT2D eigenvalue weighted by Gasteiger charge is -2.23. The van der Waals surface area contributed by atoms with E-state index in [0.717, 1.165) is 41.0 Å².